The second kappa shape index (κ2) is 7.21. The summed E-state index contributed by atoms with van der Waals surface area (Å²) in [4.78, 5) is 14.0. The van der Waals surface area contributed by atoms with Crippen LogP contribution in [0.3, 0.4) is 0 Å². The molecule has 0 aromatic heterocycles. The van der Waals surface area contributed by atoms with Gasteiger partial charge in [-0.2, -0.15) is 0 Å². The lowest BCUT2D eigenvalue weighted by molar-refractivity contribution is -0.118. The van der Waals surface area contributed by atoms with Crippen molar-refractivity contribution >= 4 is 28.8 Å². The average molecular weight is 280 g/mol. The van der Waals surface area contributed by atoms with Crippen LogP contribution in [0.4, 0.5) is 5.69 Å². The summed E-state index contributed by atoms with van der Waals surface area (Å²) in [6.45, 7) is 1.95. The molecule has 1 aromatic carbocycles. The van der Waals surface area contributed by atoms with E-state index < -0.39 is 0 Å². The van der Waals surface area contributed by atoms with E-state index in [0.29, 0.717) is 17.8 Å². The molecule has 0 fully saturated rings. The Labute approximate surface area is 119 Å². The molecule has 104 valence electrons. The number of nitrogens with zero attached hydrogens (tertiary/aromatic N) is 1. The average Bonchev–Trinajstić information content (AvgIpc) is 2.43. The van der Waals surface area contributed by atoms with Crippen molar-refractivity contribution < 1.29 is 9.53 Å². The second-order valence-corrected chi connectivity index (χ2v) is 4.89. The van der Waals surface area contributed by atoms with Gasteiger partial charge in [0, 0.05) is 31.8 Å². The monoisotopic (exact) mass is 280 g/mol. The van der Waals surface area contributed by atoms with E-state index in [1.807, 2.05) is 31.2 Å². The van der Waals surface area contributed by atoms with Crippen LogP contribution in [-0.2, 0) is 9.53 Å². The molecule has 1 unspecified atom stereocenters. The first-order valence-corrected chi connectivity index (χ1v) is 6.55. The summed E-state index contributed by atoms with van der Waals surface area (Å²) in [6.07, 6.45) is 1.27. The molecule has 0 radical (unpaired) electrons. The van der Waals surface area contributed by atoms with Gasteiger partial charge in [-0.15, -0.1) is 0 Å². The maximum Gasteiger partial charge on any atom is 0.226 e. The van der Waals surface area contributed by atoms with Crippen LogP contribution < -0.4 is 10.6 Å². The van der Waals surface area contributed by atoms with Gasteiger partial charge in [0.1, 0.15) is 4.99 Å². The lowest BCUT2D eigenvalue weighted by Crippen LogP contribution is -2.27. The number of rotatable bonds is 6. The Hall–Kier alpha value is -1.46. The smallest absolute Gasteiger partial charge is 0.226 e. The van der Waals surface area contributed by atoms with E-state index in [2.05, 4.69) is 0 Å². The van der Waals surface area contributed by atoms with E-state index in [9.17, 15) is 4.79 Å². The molecule has 2 N–H and O–H groups in total. The standard InChI is InChI=1S/C14H20N2O2S/c1-10(18-3)4-9-13(17)16(2)12-7-5-11(6-8-12)14(15)19/h5-8,10H,4,9H2,1-3H3,(H2,15,19). The van der Waals surface area contributed by atoms with Crippen LogP contribution >= 0.6 is 12.2 Å². The number of benzene rings is 1. The molecular weight excluding hydrogens is 260 g/mol. The highest BCUT2D eigenvalue weighted by Crippen LogP contribution is 2.15. The number of thiocarbonyl (C=S) groups is 1. The van der Waals surface area contributed by atoms with Crippen LogP contribution in [0.2, 0.25) is 0 Å². The maximum atomic E-state index is 12.0. The normalized spacial score (nSPS) is 11.9. The van der Waals surface area contributed by atoms with Gasteiger partial charge in [0.05, 0.1) is 6.10 Å². The molecule has 0 saturated heterocycles. The highest BCUT2D eigenvalue weighted by atomic mass is 32.1. The number of anilines is 1. The van der Waals surface area contributed by atoms with Gasteiger partial charge in [0.15, 0.2) is 0 Å². The van der Waals surface area contributed by atoms with E-state index in [1.54, 1.807) is 19.1 Å². The van der Waals surface area contributed by atoms with E-state index >= 15 is 0 Å². The third kappa shape index (κ3) is 4.61. The zero-order valence-corrected chi connectivity index (χ0v) is 12.4. The summed E-state index contributed by atoms with van der Waals surface area (Å²) in [5, 5.41) is 0. The number of methoxy groups -OCH3 is 1. The number of hydrogen-bond donors (Lipinski definition) is 1. The van der Waals surface area contributed by atoms with E-state index in [-0.39, 0.29) is 12.0 Å². The first kappa shape index (κ1) is 15.6. The first-order chi connectivity index (χ1) is 8.95. The number of carbonyl (C=O) groups is 1. The molecule has 0 spiro atoms. The maximum absolute atomic E-state index is 12.0. The van der Waals surface area contributed by atoms with Crippen LogP contribution in [0.1, 0.15) is 25.3 Å². The lowest BCUT2D eigenvalue weighted by Gasteiger charge is -2.18. The van der Waals surface area contributed by atoms with Crippen molar-refractivity contribution in [3.05, 3.63) is 29.8 Å². The third-order valence-corrected chi connectivity index (χ3v) is 3.32. The molecule has 0 heterocycles. The topological polar surface area (TPSA) is 55.6 Å². The Balaban J connectivity index is 2.63. The molecule has 1 amide bonds. The molecule has 19 heavy (non-hydrogen) atoms. The van der Waals surface area contributed by atoms with Crippen molar-refractivity contribution in [1.29, 1.82) is 0 Å². The van der Waals surface area contributed by atoms with E-state index in [1.165, 1.54) is 0 Å². The van der Waals surface area contributed by atoms with Crippen LogP contribution in [0.5, 0.6) is 0 Å². The van der Waals surface area contributed by atoms with Crippen molar-refractivity contribution in [3.8, 4) is 0 Å². The van der Waals surface area contributed by atoms with E-state index in [0.717, 1.165) is 11.3 Å². The zero-order chi connectivity index (χ0) is 14.4. The van der Waals surface area contributed by atoms with Crippen molar-refractivity contribution in [2.45, 2.75) is 25.9 Å². The first-order valence-electron chi connectivity index (χ1n) is 6.15. The highest BCUT2D eigenvalue weighted by Gasteiger charge is 2.12. The van der Waals surface area contributed by atoms with E-state index in [4.69, 9.17) is 22.7 Å². The van der Waals surface area contributed by atoms with Crippen LogP contribution in [0, 0.1) is 0 Å². The number of ether oxygens (including phenoxy) is 1. The number of amides is 1. The van der Waals surface area contributed by atoms with Gasteiger partial charge in [0.2, 0.25) is 5.91 Å². The highest BCUT2D eigenvalue weighted by molar-refractivity contribution is 7.80. The van der Waals surface area contributed by atoms with Crippen LogP contribution in [0.15, 0.2) is 24.3 Å². The van der Waals surface area contributed by atoms with Gasteiger partial charge < -0.3 is 15.4 Å². The molecule has 1 atom stereocenters. The summed E-state index contributed by atoms with van der Waals surface area (Å²) in [7, 11) is 3.41. The summed E-state index contributed by atoms with van der Waals surface area (Å²) >= 11 is 4.89. The third-order valence-electron chi connectivity index (χ3n) is 3.08. The Kier molecular flexibility index (Phi) is 5.92. The summed E-state index contributed by atoms with van der Waals surface area (Å²) in [6, 6.07) is 7.32. The quantitative estimate of drug-likeness (QED) is 0.811. The van der Waals surface area contributed by atoms with Crippen LogP contribution in [-0.4, -0.2) is 31.2 Å². The fraction of sp³-hybridized carbons (Fsp3) is 0.429. The van der Waals surface area contributed by atoms with Gasteiger partial charge >= 0.3 is 0 Å². The van der Waals surface area contributed by atoms with Gasteiger partial charge in [-0.05, 0) is 37.6 Å². The van der Waals surface area contributed by atoms with Crippen molar-refractivity contribution in [1.82, 2.24) is 0 Å². The van der Waals surface area contributed by atoms with Gasteiger partial charge in [-0.3, -0.25) is 4.79 Å². The van der Waals surface area contributed by atoms with Gasteiger partial charge in [-0.1, -0.05) is 12.2 Å². The zero-order valence-electron chi connectivity index (χ0n) is 11.6. The van der Waals surface area contributed by atoms with Gasteiger partial charge in [0.25, 0.3) is 0 Å². The Morgan fingerprint density at radius 2 is 2.00 bits per heavy atom. The van der Waals surface area contributed by atoms with Crippen molar-refractivity contribution in [2.75, 3.05) is 19.1 Å². The largest absolute Gasteiger partial charge is 0.389 e. The van der Waals surface area contributed by atoms with Crippen molar-refractivity contribution in [2.24, 2.45) is 5.73 Å². The fourth-order valence-corrected chi connectivity index (χ4v) is 1.74. The lowest BCUT2D eigenvalue weighted by atomic mass is 10.1. The fourth-order valence-electron chi connectivity index (χ4n) is 1.61. The molecule has 0 aliphatic heterocycles. The Morgan fingerprint density at radius 1 is 1.42 bits per heavy atom. The van der Waals surface area contributed by atoms with Gasteiger partial charge in [-0.25, -0.2) is 0 Å². The number of nitrogens with two attached hydrogens (primary N) is 1. The SMILES string of the molecule is COC(C)CCC(=O)N(C)c1ccc(C(N)=S)cc1. The minimum absolute atomic E-state index is 0.0620. The molecule has 0 saturated carbocycles. The Bertz CT molecular complexity index is 445. The molecule has 5 heteroatoms. The number of carbonyl (C=O) groups excluding carboxylic acids is 1. The predicted molar refractivity (Wildman–Crippen MR) is 81.4 cm³/mol. The second-order valence-electron chi connectivity index (χ2n) is 4.45. The number of hydrogen-bond acceptors (Lipinski definition) is 3. The van der Waals surface area contributed by atoms with Crippen molar-refractivity contribution in [3.63, 3.8) is 0 Å². The minimum Gasteiger partial charge on any atom is -0.389 e. The molecule has 0 aliphatic rings. The summed E-state index contributed by atoms with van der Waals surface area (Å²) in [5.74, 6) is 0.0620. The predicted octanol–water partition coefficient (Wildman–Crippen LogP) is 2.10. The van der Waals surface area contributed by atoms with Crippen LogP contribution in [0.25, 0.3) is 0 Å². The molecule has 1 aromatic rings. The molecular formula is C14H20N2O2S. The minimum atomic E-state index is 0.0620. The molecule has 1 rings (SSSR count). The molecule has 0 aliphatic carbocycles. The Morgan fingerprint density at radius 3 is 2.47 bits per heavy atom. The summed E-state index contributed by atoms with van der Waals surface area (Å²) in [5.41, 5.74) is 7.16. The molecule has 4 nitrogen and oxygen atoms in total. The molecule has 0 bridgehead atoms. The summed E-state index contributed by atoms with van der Waals surface area (Å²) < 4.78 is 5.13.